The molecule has 0 aliphatic rings. The van der Waals surface area contributed by atoms with Gasteiger partial charge in [0.15, 0.2) is 0 Å². The van der Waals surface area contributed by atoms with Crippen molar-refractivity contribution in [3.8, 4) is 11.5 Å². The van der Waals surface area contributed by atoms with Crippen LogP contribution in [0.4, 0.5) is 0 Å². The second kappa shape index (κ2) is 8.68. The van der Waals surface area contributed by atoms with Crippen LogP contribution in [0.25, 0.3) is 0 Å². The Balaban J connectivity index is 2.10. The van der Waals surface area contributed by atoms with E-state index in [2.05, 4.69) is 17.2 Å². The summed E-state index contributed by atoms with van der Waals surface area (Å²) in [5, 5.41) is 0. The first kappa shape index (κ1) is 19.7. The molecule has 2 aromatic rings. The average molecular weight is 378 g/mol. The van der Waals surface area contributed by atoms with Crippen LogP contribution in [0.3, 0.4) is 0 Å². The molecular formula is C18H22N2O5S. The highest BCUT2D eigenvalue weighted by molar-refractivity contribution is 7.89. The molecule has 7 nitrogen and oxygen atoms in total. The highest BCUT2D eigenvalue weighted by atomic mass is 32.2. The van der Waals surface area contributed by atoms with Crippen LogP contribution in [-0.2, 0) is 16.4 Å². The monoisotopic (exact) mass is 378 g/mol. The lowest BCUT2D eigenvalue weighted by molar-refractivity contribution is 0.0944. The molecule has 0 radical (unpaired) electrons. The van der Waals surface area contributed by atoms with Gasteiger partial charge in [-0.1, -0.05) is 25.5 Å². The topological polar surface area (TPSA) is 93.7 Å². The van der Waals surface area contributed by atoms with Crippen molar-refractivity contribution in [2.24, 2.45) is 0 Å². The smallest absolute Gasteiger partial charge is 0.266 e. The van der Waals surface area contributed by atoms with Gasteiger partial charge in [-0.05, 0) is 36.2 Å². The zero-order valence-electron chi connectivity index (χ0n) is 14.9. The van der Waals surface area contributed by atoms with Crippen molar-refractivity contribution in [3.05, 3.63) is 53.6 Å². The molecule has 0 saturated carbocycles. The minimum atomic E-state index is -3.87. The van der Waals surface area contributed by atoms with Gasteiger partial charge in [0.05, 0.1) is 19.1 Å². The Morgan fingerprint density at radius 3 is 2.08 bits per heavy atom. The number of ether oxygens (including phenoxy) is 2. The molecule has 1 amide bonds. The van der Waals surface area contributed by atoms with E-state index >= 15 is 0 Å². The molecule has 0 saturated heterocycles. The number of carbonyl (C=O) groups is 1. The van der Waals surface area contributed by atoms with Crippen LogP contribution in [0.2, 0.25) is 0 Å². The predicted molar refractivity (Wildman–Crippen MR) is 97.8 cm³/mol. The summed E-state index contributed by atoms with van der Waals surface area (Å²) in [5.41, 5.74) is 3.44. The summed E-state index contributed by atoms with van der Waals surface area (Å²) in [5.74, 6) is 0.209. The third-order valence-electron chi connectivity index (χ3n) is 3.68. The van der Waals surface area contributed by atoms with Crippen molar-refractivity contribution in [1.29, 1.82) is 0 Å². The number of hydrogen-bond donors (Lipinski definition) is 2. The highest BCUT2D eigenvalue weighted by Gasteiger charge is 2.16. The molecule has 140 valence electrons. The number of aryl methyl sites for hydroxylation is 1. The van der Waals surface area contributed by atoms with Crippen molar-refractivity contribution in [3.63, 3.8) is 0 Å². The molecule has 0 aliphatic carbocycles. The van der Waals surface area contributed by atoms with Crippen molar-refractivity contribution >= 4 is 15.9 Å². The van der Waals surface area contributed by atoms with Crippen LogP contribution >= 0.6 is 0 Å². The van der Waals surface area contributed by atoms with E-state index in [1.54, 1.807) is 18.2 Å². The van der Waals surface area contributed by atoms with Gasteiger partial charge in [-0.15, -0.1) is 4.83 Å². The summed E-state index contributed by atoms with van der Waals surface area (Å²) < 4.78 is 34.8. The summed E-state index contributed by atoms with van der Waals surface area (Å²) in [6, 6.07) is 11.1. The van der Waals surface area contributed by atoms with Crippen LogP contribution in [0.15, 0.2) is 47.4 Å². The molecule has 0 atom stereocenters. The van der Waals surface area contributed by atoms with Gasteiger partial charge >= 0.3 is 0 Å². The number of hydrazine groups is 1. The quantitative estimate of drug-likeness (QED) is 0.688. The van der Waals surface area contributed by atoms with Crippen LogP contribution in [-0.4, -0.2) is 28.5 Å². The fourth-order valence-corrected chi connectivity index (χ4v) is 3.15. The Bertz CT molecular complexity index is 841. The lowest BCUT2D eigenvalue weighted by Crippen LogP contribution is -2.41. The maximum atomic E-state index is 12.3. The van der Waals surface area contributed by atoms with Gasteiger partial charge in [0.25, 0.3) is 15.9 Å². The fourth-order valence-electron chi connectivity index (χ4n) is 2.31. The van der Waals surface area contributed by atoms with Gasteiger partial charge in [-0.3, -0.25) is 10.2 Å². The molecule has 2 rings (SSSR count). The van der Waals surface area contributed by atoms with Crippen molar-refractivity contribution in [2.45, 2.75) is 24.7 Å². The van der Waals surface area contributed by atoms with E-state index in [4.69, 9.17) is 9.47 Å². The first-order chi connectivity index (χ1) is 12.4. The Hall–Kier alpha value is -2.58. The number of hydrogen-bond acceptors (Lipinski definition) is 5. The second-order valence-corrected chi connectivity index (χ2v) is 7.24. The maximum Gasteiger partial charge on any atom is 0.266 e. The Morgan fingerprint density at radius 2 is 1.58 bits per heavy atom. The molecule has 0 aliphatic heterocycles. The summed E-state index contributed by atoms with van der Waals surface area (Å²) in [6.45, 7) is 2.05. The van der Waals surface area contributed by atoms with Crippen LogP contribution < -0.4 is 19.7 Å². The van der Waals surface area contributed by atoms with E-state index in [1.165, 1.54) is 38.5 Å². The number of benzene rings is 2. The number of rotatable bonds is 8. The molecule has 8 heteroatoms. The second-order valence-electron chi connectivity index (χ2n) is 5.55. The molecule has 2 aromatic carbocycles. The van der Waals surface area contributed by atoms with Gasteiger partial charge in [0.1, 0.15) is 11.5 Å². The standard InChI is InChI=1S/C18H22N2O5S/c1-4-5-13-6-8-17(9-7-13)26(22,23)20-19-18(21)14-10-15(24-2)12-16(11-14)25-3/h6-12,20H,4-5H2,1-3H3,(H,19,21). The summed E-state index contributed by atoms with van der Waals surface area (Å²) >= 11 is 0. The lowest BCUT2D eigenvalue weighted by atomic mass is 10.1. The van der Waals surface area contributed by atoms with Gasteiger partial charge in [0.2, 0.25) is 0 Å². The number of methoxy groups -OCH3 is 2. The van der Waals surface area contributed by atoms with Crippen LogP contribution in [0, 0.1) is 0 Å². The molecular weight excluding hydrogens is 356 g/mol. The summed E-state index contributed by atoms with van der Waals surface area (Å²) in [7, 11) is -0.951. The minimum Gasteiger partial charge on any atom is -0.497 e. The van der Waals surface area contributed by atoms with Crippen LogP contribution in [0.1, 0.15) is 29.3 Å². The van der Waals surface area contributed by atoms with Gasteiger partial charge < -0.3 is 9.47 Å². The average Bonchev–Trinajstić information content (AvgIpc) is 2.66. The van der Waals surface area contributed by atoms with Gasteiger partial charge in [-0.2, -0.15) is 0 Å². The third-order valence-corrected chi connectivity index (χ3v) is 4.95. The van der Waals surface area contributed by atoms with Gasteiger partial charge in [0, 0.05) is 11.6 Å². The Labute approximate surface area is 153 Å². The zero-order chi connectivity index (χ0) is 19.2. The van der Waals surface area contributed by atoms with Crippen molar-refractivity contribution in [1.82, 2.24) is 10.3 Å². The predicted octanol–water partition coefficient (Wildman–Crippen LogP) is 2.28. The first-order valence-corrected chi connectivity index (χ1v) is 9.52. The number of sulfonamides is 1. The van der Waals surface area contributed by atoms with E-state index in [-0.39, 0.29) is 10.5 Å². The number of carbonyl (C=O) groups excluding carboxylic acids is 1. The summed E-state index contributed by atoms with van der Waals surface area (Å²) in [6.07, 6.45) is 1.85. The number of nitrogens with one attached hydrogen (secondary N) is 2. The molecule has 0 spiro atoms. The van der Waals surface area contributed by atoms with E-state index in [0.717, 1.165) is 18.4 Å². The van der Waals surface area contributed by atoms with Crippen molar-refractivity contribution < 1.29 is 22.7 Å². The molecule has 2 N–H and O–H groups in total. The van der Waals surface area contributed by atoms with Crippen molar-refractivity contribution in [2.75, 3.05) is 14.2 Å². The fraction of sp³-hybridized carbons (Fsp3) is 0.278. The first-order valence-electron chi connectivity index (χ1n) is 8.03. The maximum absolute atomic E-state index is 12.3. The summed E-state index contributed by atoms with van der Waals surface area (Å²) in [4.78, 5) is 14.4. The molecule has 0 aromatic heterocycles. The van der Waals surface area contributed by atoms with E-state index < -0.39 is 15.9 Å². The molecule has 0 fully saturated rings. The van der Waals surface area contributed by atoms with Crippen LogP contribution in [0.5, 0.6) is 11.5 Å². The van der Waals surface area contributed by atoms with E-state index in [9.17, 15) is 13.2 Å². The van der Waals surface area contributed by atoms with Gasteiger partial charge in [-0.25, -0.2) is 8.42 Å². The SMILES string of the molecule is CCCc1ccc(S(=O)(=O)NNC(=O)c2cc(OC)cc(OC)c2)cc1. The normalized spacial score (nSPS) is 11.0. The minimum absolute atomic E-state index is 0.0703. The Morgan fingerprint density at radius 1 is 1.00 bits per heavy atom. The largest absolute Gasteiger partial charge is 0.497 e. The highest BCUT2D eigenvalue weighted by Crippen LogP contribution is 2.22. The van der Waals surface area contributed by atoms with E-state index in [0.29, 0.717) is 11.5 Å². The lowest BCUT2D eigenvalue weighted by Gasteiger charge is -2.11. The zero-order valence-corrected chi connectivity index (χ0v) is 15.7. The molecule has 0 heterocycles. The number of amides is 1. The molecule has 0 unspecified atom stereocenters. The third kappa shape index (κ3) is 4.96. The molecule has 26 heavy (non-hydrogen) atoms. The van der Waals surface area contributed by atoms with E-state index in [1.807, 2.05) is 0 Å². The Kier molecular flexibility index (Phi) is 6.59. The molecule has 0 bridgehead atoms.